The molecule has 0 unspecified atom stereocenters. The van der Waals surface area contributed by atoms with Crippen LogP contribution in [0.4, 0.5) is 18.9 Å². The Balaban J connectivity index is 2.41. The molecule has 1 heterocycles. The van der Waals surface area contributed by atoms with Gasteiger partial charge in [0.25, 0.3) is 5.56 Å². The Bertz CT molecular complexity index is 1040. The van der Waals surface area contributed by atoms with E-state index in [2.05, 4.69) is 10.3 Å². The lowest BCUT2D eigenvalue weighted by molar-refractivity contribution is -0.137. The lowest BCUT2D eigenvalue weighted by Crippen LogP contribution is -2.29. The fourth-order valence-corrected chi connectivity index (χ4v) is 2.47. The van der Waals surface area contributed by atoms with E-state index < -0.39 is 23.0 Å². The number of rotatable bonds is 2. The van der Waals surface area contributed by atoms with Gasteiger partial charge in [0.05, 0.1) is 22.2 Å². The second kappa shape index (κ2) is 5.55. The third kappa shape index (κ3) is 2.66. The van der Waals surface area contributed by atoms with Crippen LogP contribution in [0.25, 0.3) is 16.6 Å². The fraction of sp³-hybridized carbons (Fsp3) is 0.125. The van der Waals surface area contributed by atoms with Gasteiger partial charge in [-0.25, -0.2) is 4.79 Å². The Hall–Kier alpha value is -3.03. The zero-order chi connectivity index (χ0) is 17.5. The number of benzene rings is 2. The van der Waals surface area contributed by atoms with E-state index in [1.807, 2.05) is 0 Å². The van der Waals surface area contributed by atoms with E-state index in [0.29, 0.717) is 11.4 Å². The largest absolute Gasteiger partial charge is 0.416 e. The molecule has 0 saturated carbocycles. The van der Waals surface area contributed by atoms with Crippen LogP contribution in [0.3, 0.4) is 0 Å². The number of aromatic amines is 1. The number of alkyl halides is 3. The molecule has 0 bridgehead atoms. The van der Waals surface area contributed by atoms with Gasteiger partial charge in [0, 0.05) is 12.7 Å². The molecule has 0 amide bonds. The Kier molecular flexibility index (Phi) is 3.67. The van der Waals surface area contributed by atoms with Crippen molar-refractivity contribution in [3.63, 3.8) is 0 Å². The first-order valence-electron chi connectivity index (χ1n) is 6.96. The lowest BCUT2D eigenvalue weighted by atomic mass is 10.1. The van der Waals surface area contributed by atoms with Gasteiger partial charge in [-0.1, -0.05) is 6.07 Å². The number of H-pyrrole nitrogens is 1. The predicted molar refractivity (Wildman–Crippen MR) is 84.7 cm³/mol. The van der Waals surface area contributed by atoms with Crippen molar-refractivity contribution >= 4 is 16.6 Å². The van der Waals surface area contributed by atoms with Crippen molar-refractivity contribution in [1.82, 2.24) is 9.55 Å². The van der Waals surface area contributed by atoms with Crippen LogP contribution in [-0.4, -0.2) is 16.6 Å². The van der Waals surface area contributed by atoms with Crippen LogP contribution in [0.5, 0.6) is 0 Å². The summed E-state index contributed by atoms with van der Waals surface area (Å²) in [6.45, 7) is 0. The van der Waals surface area contributed by atoms with Crippen molar-refractivity contribution in [3.05, 3.63) is 68.9 Å². The maximum Gasteiger partial charge on any atom is 0.416 e. The van der Waals surface area contributed by atoms with E-state index in [-0.39, 0.29) is 10.9 Å². The van der Waals surface area contributed by atoms with E-state index in [0.717, 1.165) is 22.8 Å². The van der Waals surface area contributed by atoms with E-state index in [9.17, 15) is 22.8 Å². The normalized spacial score (nSPS) is 11.7. The van der Waals surface area contributed by atoms with E-state index in [4.69, 9.17) is 0 Å². The molecule has 2 aromatic carbocycles. The molecular weight excluding hydrogens is 323 g/mol. The van der Waals surface area contributed by atoms with Gasteiger partial charge >= 0.3 is 11.9 Å². The average molecular weight is 335 g/mol. The molecule has 2 N–H and O–H groups in total. The molecular formula is C16H12F3N3O2. The van der Waals surface area contributed by atoms with Gasteiger partial charge in [-0.3, -0.25) is 14.3 Å². The molecule has 0 fully saturated rings. The molecule has 24 heavy (non-hydrogen) atoms. The molecule has 8 heteroatoms. The molecule has 1 aromatic heterocycles. The monoisotopic (exact) mass is 335 g/mol. The van der Waals surface area contributed by atoms with Crippen LogP contribution in [0.15, 0.2) is 52.1 Å². The first-order valence-corrected chi connectivity index (χ1v) is 6.96. The summed E-state index contributed by atoms with van der Waals surface area (Å²) in [4.78, 5) is 26.3. The average Bonchev–Trinajstić information content (AvgIpc) is 2.53. The topological polar surface area (TPSA) is 66.9 Å². The minimum Gasteiger partial charge on any atom is -0.388 e. The van der Waals surface area contributed by atoms with Crippen LogP contribution in [0.2, 0.25) is 0 Å². The first-order chi connectivity index (χ1) is 11.3. The van der Waals surface area contributed by atoms with Gasteiger partial charge in [0.2, 0.25) is 0 Å². The van der Waals surface area contributed by atoms with Crippen LogP contribution in [0.1, 0.15) is 5.56 Å². The highest BCUT2D eigenvalue weighted by Gasteiger charge is 2.31. The number of aromatic nitrogens is 2. The zero-order valence-electron chi connectivity index (χ0n) is 12.4. The molecule has 0 atom stereocenters. The summed E-state index contributed by atoms with van der Waals surface area (Å²) in [6, 6.07) is 9.24. The highest BCUT2D eigenvalue weighted by atomic mass is 19.4. The molecule has 0 saturated heterocycles. The second-order valence-corrected chi connectivity index (χ2v) is 5.12. The quantitative estimate of drug-likeness (QED) is 0.757. The van der Waals surface area contributed by atoms with Gasteiger partial charge < -0.3 is 5.32 Å². The number of hydrogen-bond acceptors (Lipinski definition) is 3. The van der Waals surface area contributed by atoms with Crippen molar-refractivity contribution < 1.29 is 13.2 Å². The van der Waals surface area contributed by atoms with Crippen LogP contribution >= 0.6 is 0 Å². The van der Waals surface area contributed by atoms with E-state index >= 15 is 0 Å². The number of nitrogens with one attached hydrogen (secondary N) is 2. The minimum atomic E-state index is -4.58. The number of nitrogens with zero attached hydrogens (tertiary/aromatic N) is 1. The summed E-state index contributed by atoms with van der Waals surface area (Å²) in [7, 11) is 1.68. The Morgan fingerprint density at radius 2 is 1.83 bits per heavy atom. The first kappa shape index (κ1) is 15.9. The van der Waals surface area contributed by atoms with Gasteiger partial charge in [-0.05, 0) is 36.4 Å². The highest BCUT2D eigenvalue weighted by Crippen LogP contribution is 2.31. The number of halogens is 3. The van der Waals surface area contributed by atoms with Gasteiger partial charge in [0.1, 0.15) is 0 Å². The molecule has 0 spiro atoms. The predicted octanol–water partition coefficient (Wildman–Crippen LogP) is 2.74. The SMILES string of the molecule is CNc1cccc(-n2c(=O)[nH]c(=O)c3ccc(C(F)(F)F)cc32)c1. The van der Waals surface area contributed by atoms with Crippen molar-refractivity contribution in [2.45, 2.75) is 6.18 Å². The fourth-order valence-electron chi connectivity index (χ4n) is 2.47. The second-order valence-electron chi connectivity index (χ2n) is 5.12. The maximum absolute atomic E-state index is 13.0. The van der Waals surface area contributed by atoms with Crippen LogP contribution < -0.4 is 16.6 Å². The maximum atomic E-state index is 13.0. The molecule has 3 aromatic rings. The molecule has 0 aliphatic rings. The third-order valence-corrected chi connectivity index (χ3v) is 3.63. The minimum absolute atomic E-state index is 0.00235. The van der Waals surface area contributed by atoms with Gasteiger partial charge in [-0.15, -0.1) is 0 Å². The lowest BCUT2D eigenvalue weighted by Gasteiger charge is -2.13. The summed E-state index contributed by atoms with van der Waals surface area (Å²) in [6.07, 6.45) is -4.58. The number of hydrogen-bond donors (Lipinski definition) is 2. The zero-order valence-corrected chi connectivity index (χ0v) is 12.4. The molecule has 5 nitrogen and oxygen atoms in total. The van der Waals surface area contributed by atoms with Crippen molar-refractivity contribution in [1.29, 1.82) is 0 Å². The summed E-state index contributed by atoms with van der Waals surface area (Å²) in [5, 5.41) is 2.88. The van der Waals surface area contributed by atoms with Gasteiger partial charge in [0.15, 0.2) is 0 Å². The van der Waals surface area contributed by atoms with Crippen molar-refractivity contribution in [2.75, 3.05) is 12.4 Å². The van der Waals surface area contributed by atoms with E-state index in [1.165, 1.54) is 0 Å². The standard InChI is InChI=1S/C16H12F3N3O2/c1-20-10-3-2-4-11(8-10)22-13-7-9(16(17,18)19)5-6-12(13)14(23)21-15(22)24/h2-8,20H,1H3,(H,21,23,24). The third-order valence-electron chi connectivity index (χ3n) is 3.63. The molecule has 3 rings (SSSR count). The summed E-state index contributed by atoms with van der Waals surface area (Å²) in [5.74, 6) is 0. The van der Waals surface area contributed by atoms with Crippen molar-refractivity contribution in [2.24, 2.45) is 0 Å². The van der Waals surface area contributed by atoms with E-state index in [1.54, 1.807) is 31.3 Å². The summed E-state index contributed by atoms with van der Waals surface area (Å²) in [5.41, 5.74) is -1.56. The number of anilines is 1. The summed E-state index contributed by atoms with van der Waals surface area (Å²) >= 11 is 0. The summed E-state index contributed by atoms with van der Waals surface area (Å²) < 4.78 is 40.0. The van der Waals surface area contributed by atoms with Crippen LogP contribution in [0, 0.1) is 0 Å². The van der Waals surface area contributed by atoms with Gasteiger partial charge in [-0.2, -0.15) is 13.2 Å². The Labute approximate surface area is 133 Å². The highest BCUT2D eigenvalue weighted by molar-refractivity contribution is 5.80. The molecule has 0 radical (unpaired) electrons. The van der Waals surface area contributed by atoms with Crippen LogP contribution in [-0.2, 0) is 6.18 Å². The Morgan fingerprint density at radius 1 is 1.08 bits per heavy atom. The number of fused-ring (bicyclic) bond motifs is 1. The Morgan fingerprint density at radius 3 is 2.50 bits per heavy atom. The van der Waals surface area contributed by atoms with Crippen molar-refractivity contribution in [3.8, 4) is 5.69 Å². The molecule has 0 aliphatic heterocycles. The molecule has 0 aliphatic carbocycles. The molecule has 124 valence electrons. The smallest absolute Gasteiger partial charge is 0.388 e.